The van der Waals surface area contributed by atoms with Crippen LogP contribution < -0.4 is 5.32 Å². The molecule has 0 unspecified atom stereocenters. The molecule has 0 aliphatic carbocycles. The number of hydrogen-bond acceptors (Lipinski definition) is 6. The van der Waals surface area contributed by atoms with Crippen LogP contribution in [-0.4, -0.2) is 30.5 Å². The Balaban J connectivity index is 1.43. The van der Waals surface area contributed by atoms with Gasteiger partial charge in [-0.25, -0.2) is 18.9 Å². The molecule has 3 aromatic heterocycles. The minimum atomic E-state index is -0.483. The van der Waals surface area contributed by atoms with Crippen molar-refractivity contribution in [3.05, 3.63) is 57.7 Å². The number of benzene rings is 1. The van der Waals surface area contributed by atoms with E-state index in [-0.39, 0.29) is 17.4 Å². The second-order valence-corrected chi connectivity index (χ2v) is 7.71. The molecular weight excluding hydrogens is 415 g/mol. The Morgan fingerprint density at radius 3 is 2.93 bits per heavy atom. The summed E-state index contributed by atoms with van der Waals surface area (Å²) in [5.74, 6) is -0.0896. The van der Waals surface area contributed by atoms with Crippen molar-refractivity contribution >= 4 is 39.8 Å². The SMILES string of the molecule is Cc1nc2ncnn2c(C)c1CCC(=O)Nc1nc(-c2ccc(F)c(Cl)c2)cs1. The van der Waals surface area contributed by atoms with Gasteiger partial charge in [0.15, 0.2) is 5.13 Å². The van der Waals surface area contributed by atoms with E-state index in [1.807, 2.05) is 13.8 Å². The van der Waals surface area contributed by atoms with Gasteiger partial charge in [0, 0.05) is 28.8 Å². The number of aryl methyl sites for hydroxylation is 2. The predicted octanol–water partition coefficient (Wildman–Crippen LogP) is 4.23. The number of halogens is 2. The van der Waals surface area contributed by atoms with Gasteiger partial charge in [-0.1, -0.05) is 11.6 Å². The summed E-state index contributed by atoms with van der Waals surface area (Å²) < 4.78 is 15.0. The zero-order chi connectivity index (χ0) is 20.5. The molecule has 0 aliphatic heterocycles. The molecule has 0 saturated carbocycles. The van der Waals surface area contributed by atoms with E-state index < -0.39 is 5.82 Å². The molecule has 10 heteroatoms. The van der Waals surface area contributed by atoms with Crippen molar-refractivity contribution in [1.82, 2.24) is 24.6 Å². The number of amides is 1. The topological polar surface area (TPSA) is 85.1 Å². The molecule has 0 spiro atoms. The minimum Gasteiger partial charge on any atom is -0.302 e. The standard InChI is InChI=1S/C19H16ClFN6OS/c1-10-13(11(2)27-18(24-10)22-9-23-27)4-6-17(28)26-19-25-16(8-29-19)12-3-5-15(21)14(20)7-12/h3,5,7-9H,4,6H2,1-2H3,(H,25,26,28). The molecule has 0 atom stereocenters. The summed E-state index contributed by atoms with van der Waals surface area (Å²) in [6.07, 6.45) is 2.26. The lowest BCUT2D eigenvalue weighted by atomic mass is 10.1. The smallest absolute Gasteiger partial charge is 0.252 e. The van der Waals surface area contributed by atoms with Gasteiger partial charge in [-0.2, -0.15) is 10.1 Å². The number of carbonyl (C=O) groups is 1. The Labute approximate surface area is 174 Å². The Morgan fingerprint density at radius 2 is 2.14 bits per heavy atom. The van der Waals surface area contributed by atoms with E-state index in [4.69, 9.17) is 11.6 Å². The van der Waals surface area contributed by atoms with Crippen LogP contribution in [0.3, 0.4) is 0 Å². The normalized spacial score (nSPS) is 11.2. The Morgan fingerprint density at radius 1 is 1.31 bits per heavy atom. The van der Waals surface area contributed by atoms with Crippen LogP contribution in [0.5, 0.6) is 0 Å². The number of nitrogens with zero attached hydrogens (tertiary/aromatic N) is 5. The average molecular weight is 431 g/mol. The summed E-state index contributed by atoms with van der Waals surface area (Å²) in [6.45, 7) is 3.83. The fraction of sp³-hybridized carbons (Fsp3) is 0.211. The molecule has 0 fully saturated rings. The first-order chi connectivity index (χ1) is 13.9. The molecule has 0 radical (unpaired) electrons. The Bertz CT molecular complexity index is 1220. The highest BCUT2D eigenvalue weighted by atomic mass is 35.5. The van der Waals surface area contributed by atoms with Crippen LogP contribution in [0.4, 0.5) is 9.52 Å². The second-order valence-electron chi connectivity index (χ2n) is 6.45. The zero-order valence-corrected chi connectivity index (χ0v) is 17.2. The first-order valence-electron chi connectivity index (χ1n) is 8.79. The van der Waals surface area contributed by atoms with Crippen LogP contribution in [0.25, 0.3) is 17.0 Å². The van der Waals surface area contributed by atoms with Crippen LogP contribution in [0.2, 0.25) is 5.02 Å². The number of carbonyl (C=O) groups excluding carboxylic acids is 1. The van der Waals surface area contributed by atoms with Crippen molar-refractivity contribution in [1.29, 1.82) is 0 Å². The van der Waals surface area contributed by atoms with Gasteiger partial charge in [-0.05, 0) is 44.0 Å². The number of aromatic nitrogens is 5. The van der Waals surface area contributed by atoms with Gasteiger partial charge >= 0.3 is 0 Å². The van der Waals surface area contributed by atoms with Crippen molar-refractivity contribution in [2.24, 2.45) is 0 Å². The van der Waals surface area contributed by atoms with E-state index in [0.717, 1.165) is 17.0 Å². The molecule has 1 amide bonds. The third-order valence-corrected chi connectivity index (χ3v) is 5.60. The van der Waals surface area contributed by atoms with E-state index in [0.29, 0.717) is 28.6 Å². The van der Waals surface area contributed by atoms with Gasteiger partial charge in [0.2, 0.25) is 5.91 Å². The minimum absolute atomic E-state index is 0.0322. The van der Waals surface area contributed by atoms with Crippen molar-refractivity contribution in [2.45, 2.75) is 26.7 Å². The van der Waals surface area contributed by atoms with Crippen molar-refractivity contribution in [3.63, 3.8) is 0 Å². The monoisotopic (exact) mass is 430 g/mol. The maximum atomic E-state index is 13.3. The first kappa shape index (κ1) is 19.4. The summed E-state index contributed by atoms with van der Waals surface area (Å²) in [5, 5.41) is 9.26. The number of thiazole rings is 1. The molecule has 148 valence electrons. The highest BCUT2D eigenvalue weighted by molar-refractivity contribution is 7.14. The van der Waals surface area contributed by atoms with E-state index in [1.54, 1.807) is 16.0 Å². The Hall–Kier alpha value is -2.91. The number of nitrogens with one attached hydrogen (secondary N) is 1. The number of anilines is 1. The average Bonchev–Trinajstić information content (AvgIpc) is 3.33. The van der Waals surface area contributed by atoms with Gasteiger partial charge in [-0.3, -0.25) is 4.79 Å². The molecule has 4 rings (SSSR count). The summed E-state index contributed by atoms with van der Waals surface area (Å²) in [4.78, 5) is 25.3. The molecule has 3 heterocycles. The molecule has 7 nitrogen and oxygen atoms in total. The molecule has 4 aromatic rings. The van der Waals surface area contributed by atoms with Crippen LogP contribution in [-0.2, 0) is 11.2 Å². The number of hydrogen-bond donors (Lipinski definition) is 1. The highest BCUT2D eigenvalue weighted by Crippen LogP contribution is 2.28. The summed E-state index contributed by atoms with van der Waals surface area (Å²) in [7, 11) is 0. The molecule has 29 heavy (non-hydrogen) atoms. The fourth-order valence-electron chi connectivity index (χ4n) is 3.06. The fourth-order valence-corrected chi connectivity index (χ4v) is 3.97. The largest absolute Gasteiger partial charge is 0.302 e. The molecule has 0 bridgehead atoms. The lowest BCUT2D eigenvalue weighted by Crippen LogP contribution is -2.14. The van der Waals surface area contributed by atoms with Gasteiger partial charge in [0.05, 0.1) is 10.7 Å². The maximum Gasteiger partial charge on any atom is 0.252 e. The second kappa shape index (κ2) is 7.84. The molecule has 1 aromatic carbocycles. The quantitative estimate of drug-likeness (QED) is 0.512. The highest BCUT2D eigenvalue weighted by Gasteiger charge is 2.14. The van der Waals surface area contributed by atoms with E-state index in [9.17, 15) is 9.18 Å². The Kier molecular flexibility index (Phi) is 5.25. The summed E-state index contributed by atoms with van der Waals surface area (Å²) in [6, 6.07) is 4.40. The van der Waals surface area contributed by atoms with Gasteiger partial charge < -0.3 is 5.32 Å². The third-order valence-electron chi connectivity index (χ3n) is 4.56. The lowest BCUT2D eigenvalue weighted by Gasteiger charge is -2.10. The van der Waals surface area contributed by atoms with Crippen LogP contribution >= 0.6 is 22.9 Å². The lowest BCUT2D eigenvalue weighted by molar-refractivity contribution is -0.116. The number of fused-ring (bicyclic) bond motifs is 1. The van der Waals surface area contributed by atoms with Crippen LogP contribution in [0, 0.1) is 19.7 Å². The van der Waals surface area contributed by atoms with Crippen molar-refractivity contribution < 1.29 is 9.18 Å². The van der Waals surface area contributed by atoms with Crippen molar-refractivity contribution in [2.75, 3.05) is 5.32 Å². The van der Waals surface area contributed by atoms with Crippen molar-refractivity contribution in [3.8, 4) is 11.3 Å². The molecule has 0 aliphatic rings. The van der Waals surface area contributed by atoms with Crippen LogP contribution in [0.1, 0.15) is 23.4 Å². The zero-order valence-electron chi connectivity index (χ0n) is 15.6. The summed E-state index contributed by atoms with van der Waals surface area (Å²) in [5.41, 5.74) is 4.04. The third kappa shape index (κ3) is 3.96. The molecular formula is C19H16ClFN6OS. The van der Waals surface area contributed by atoms with Gasteiger partial charge in [0.25, 0.3) is 5.78 Å². The van der Waals surface area contributed by atoms with Gasteiger partial charge in [0.1, 0.15) is 12.1 Å². The predicted molar refractivity (Wildman–Crippen MR) is 110 cm³/mol. The summed E-state index contributed by atoms with van der Waals surface area (Å²) >= 11 is 7.12. The maximum absolute atomic E-state index is 13.3. The molecule has 1 N–H and O–H groups in total. The van der Waals surface area contributed by atoms with E-state index in [1.165, 1.54) is 29.8 Å². The van der Waals surface area contributed by atoms with Gasteiger partial charge in [-0.15, -0.1) is 11.3 Å². The number of rotatable bonds is 5. The van der Waals surface area contributed by atoms with Crippen LogP contribution in [0.15, 0.2) is 29.9 Å². The molecule has 0 saturated heterocycles. The first-order valence-corrected chi connectivity index (χ1v) is 10.0. The van der Waals surface area contributed by atoms with E-state index >= 15 is 0 Å². The van der Waals surface area contributed by atoms with E-state index in [2.05, 4.69) is 25.4 Å².